The van der Waals surface area contributed by atoms with E-state index in [0.29, 0.717) is 12.0 Å². The number of nitrogens with one attached hydrogen (secondary N) is 1. The quantitative estimate of drug-likeness (QED) is 0.829. The van der Waals surface area contributed by atoms with Gasteiger partial charge in [-0.1, -0.05) is 48.5 Å². The SMILES string of the molecule is c1ccc([C@H]2Nc3ccccc3[C@@H]3OCC[C@@H]23)cc1. The molecule has 1 N–H and O–H groups in total. The van der Waals surface area contributed by atoms with Gasteiger partial charge >= 0.3 is 0 Å². The maximum absolute atomic E-state index is 6.00. The fourth-order valence-corrected chi connectivity index (χ4v) is 3.41. The van der Waals surface area contributed by atoms with Gasteiger partial charge in [-0.15, -0.1) is 0 Å². The van der Waals surface area contributed by atoms with E-state index in [1.54, 1.807) is 0 Å². The van der Waals surface area contributed by atoms with Gasteiger partial charge in [-0.25, -0.2) is 0 Å². The van der Waals surface area contributed by atoms with Crippen molar-refractivity contribution in [3.63, 3.8) is 0 Å². The molecule has 2 aliphatic rings. The van der Waals surface area contributed by atoms with Crippen LogP contribution in [-0.2, 0) is 4.74 Å². The average molecular weight is 251 g/mol. The average Bonchev–Trinajstić information content (AvgIpc) is 2.97. The molecule has 19 heavy (non-hydrogen) atoms. The second-order valence-electron chi connectivity index (χ2n) is 5.36. The van der Waals surface area contributed by atoms with E-state index < -0.39 is 0 Å². The van der Waals surface area contributed by atoms with Crippen LogP contribution in [0.3, 0.4) is 0 Å². The van der Waals surface area contributed by atoms with Gasteiger partial charge in [-0.05, 0) is 18.1 Å². The molecule has 0 aliphatic carbocycles. The van der Waals surface area contributed by atoms with Crippen molar-refractivity contribution in [2.75, 3.05) is 11.9 Å². The molecule has 4 rings (SSSR count). The van der Waals surface area contributed by atoms with E-state index >= 15 is 0 Å². The van der Waals surface area contributed by atoms with Gasteiger partial charge in [0, 0.05) is 23.8 Å². The van der Waals surface area contributed by atoms with Crippen LogP contribution in [0, 0.1) is 5.92 Å². The molecule has 0 spiro atoms. The van der Waals surface area contributed by atoms with Crippen LogP contribution in [0.2, 0.25) is 0 Å². The summed E-state index contributed by atoms with van der Waals surface area (Å²) < 4.78 is 6.00. The first-order valence-corrected chi connectivity index (χ1v) is 6.95. The summed E-state index contributed by atoms with van der Waals surface area (Å²) in [5, 5.41) is 3.70. The Labute approximate surface area is 113 Å². The normalized spacial score (nSPS) is 28.3. The fourth-order valence-electron chi connectivity index (χ4n) is 3.41. The number of benzene rings is 2. The lowest BCUT2D eigenvalue weighted by atomic mass is 9.81. The summed E-state index contributed by atoms with van der Waals surface area (Å²) in [6, 6.07) is 19.6. The highest BCUT2D eigenvalue weighted by Crippen LogP contribution is 2.49. The van der Waals surface area contributed by atoms with E-state index in [2.05, 4.69) is 59.9 Å². The fraction of sp³-hybridized carbons (Fsp3) is 0.294. The molecule has 3 atom stereocenters. The lowest BCUT2D eigenvalue weighted by molar-refractivity contribution is 0.0829. The van der Waals surface area contributed by atoms with Gasteiger partial charge in [0.05, 0.1) is 12.1 Å². The second kappa shape index (κ2) is 4.39. The summed E-state index contributed by atoms with van der Waals surface area (Å²) in [6.07, 6.45) is 1.38. The predicted octanol–water partition coefficient (Wildman–Crippen LogP) is 3.93. The molecule has 1 fully saturated rings. The first-order chi connectivity index (χ1) is 9.43. The summed E-state index contributed by atoms with van der Waals surface area (Å²) in [4.78, 5) is 0. The molecule has 0 bridgehead atoms. The van der Waals surface area contributed by atoms with Crippen LogP contribution >= 0.6 is 0 Å². The Morgan fingerprint density at radius 1 is 0.947 bits per heavy atom. The van der Waals surface area contributed by atoms with E-state index in [1.165, 1.54) is 16.8 Å². The van der Waals surface area contributed by atoms with Crippen LogP contribution in [-0.4, -0.2) is 6.61 Å². The Morgan fingerprint density at radius 2 is 1.74 bits per heavy atom. The van der Waals surface area contributed by atoms with Crippen molar-refractivity contribution in [2.24, 2.45) is 5.92 Å². The molecule has 0 unspecified atom stereocenters. The van der Waals surface area contributed by atoms with Gasteiger partial charge in [0.25, 0.3) is 0 Å². The molecule has 0 amide bonds. The van der Waals surface area contributed by atoms with E-state index in [9.17, 15) is 0 Å². The molecule has 2 heteroatoms. The Morgan fingerprint density at radius 3 is 2.63 bits per heavy atom. The molecular weight excluding hydrogens is 234 g/mol. The molecule has 2 heterocycles. The Bertz CT molecular complexity index is 581. The lowest BCUT2D eigenvalue weighted by Crippen LogP contribution is -2.29. The highest BCUT2D eigenvalue weighted by molar-refractivity contribution is 5.57. The van der Waals surface area contributed by atoms with Crippen LogP contribution in [0.15, 0.2) is 54.6 Å². The third-order valence-electron chi connectivity index (χ3n) is 4.30. The van der Waals surface area contributed by atoms with Crippen molar-refractivity contribution in [3.05, 3.63) is 65.7 Å². The van der Waals surface area contributed by atoms with E-state index in [1.807, 2.05) is 0 Å². The summed E-state index contributed by atoms with van der Waals surface area (Å²) in [6.45, 7) is 0.870. The first kappa shape index (κ1) is 11.1. The zero-order valence-corrected chi connectivity index (χ0v) is 10.8. The zero-order valence-electron chi connectivity index (χ0n) is 10.8. The molecule has 2 aromatic rings. The Kier molecular flexibility index (Phi) is 2.56. The number of anilines is 1. The van der Waals surface area contributed by atoms with Crippen molar-refractivity contribution in [1.82, 2.24) is 0 Å². The summed E-state index contributed by atoms with van der Waals surface area (Å²) in [7, 11) is 0. The minimum atomic E-state index is 0.252. The molecule has 2 nitrogen and oxygen atoms in total. The molecule has 0 aromatic heterocycles. The van der Waals surface area contributed by atoms with Gasteiger partial charge in [0.15, 0.2) is 0 Å². The number of para-hydroxylation sites is 1. The third kappa shape index (κ3) is 1.75. The topological polar surface area (TPSA) is 21.3 Å². The minimum Gasteiger partial charge on any atom is -0.378 e. The predicted molar refractivity (Wildman–Crippen MR) is 76.0 cm³/mol. The monoisotopic (exact) mass is 251 g/mol. The van der Waals surface area contributed by atoms with E-state index in [0.717, 1.165) is 13.0 Å². The van der Waals surface area contributed by atoms with E-state index in [4.69, 9.17) is 4.74 Å². The molecule has 2 aliphatic heterocycles. The minimum absolute atomic E-state index is 0.252. The van der Waals surface area contributed by atoms with Crippen LogP contribution in [0.1, 0.15) is 29.7 Å². The van der Waals surface area contributed by atoms with Crippen molar-refractivity contribution < 1.29 is 4.74 Å². The molecule has 0 radical (unpaired) electrons. The van der Waals surface area contributed by atoms with Crippen LogP contribution in [0.5, 0.6) is 0 Å². The maximum Gasteiger partial charge on any atom is 0.0896 e. The summed E-state index contributed by atoms with van der Waals surface area (Å²) in [5.74, 6) is 0.539. The number of hydrogen-bond donors (Lipinski definition) is 1. The number of fused-ring (bicyclic) bond motifs is 3. The molecule has 1 saturated heterocycles. The number of ether oxygens (including phenoxy) is 1. The summed E-state index contributed by atoms with van der Waals surface area (Å²) in [5.41, 5.74) is 3.90. The molecule has 2 aromatic carbocycles. The lowest BCUT2D eigenvalue weighted by Gasteiger charge is -2.36. The second-order valence-corrected chi connectivity index (χ2v) is 5.36. The molecule has 96 valence electrons. The largest absolute Gasteiger partial charge is 0.378 e. The maximum atomic E-state index is 6.00. The van der Waals surface area contributed by atoms with Crippen LogP contribution in [0.25, 0.3) is 0 Å². The highest BCUT2D eigenvalue weighted by atomic mass is 16.5. The van der Waals surface area contributed by atoms with E-state index in [-0.39, 0.29) is 6.10 Å². The third-order valence-corrected chi connectivity index (χ3v) is 4.30. The zero-order chi connectivity index (χ0) is 12.7. The number of rotatable bonds is 1. The van der Waals surface area contributed by atoms with Crippen molar-refractivity contribution in [1.29, 1.82) is 0 Å². The Hall–Kier alpha value is -1.80. The standard InChI is InChI=1S/C17H17NO/c1-2-6-12(7-3-1)16-14-10-11-19-17(14)13-8-4-5-9-15(13)18-16/h1-9,14,16-18H,10-11H2/t14-,16+,17-/m0/s1. The first-order valence-electron chi connectivity index (χ1n) is 6.95. The molecule has 0 saturated carbocycles. The van der Waals surface area contributed by atoms with Gasteiger partial charge in [0.1, 0.15) is 0 Å². The van der Waals surface area contributed by atoms with Crippen LogP contribution in [0.4, 0.5) is 5.69 Å². The van der Waals surface area contributed by atoms with Crippen molar-refractivity contribution in [3.8, 4) is 0 Å². The van der Waals surface area contributed by atoms with Crippen molar-refractivity contribution >= 4 is 5.69 Å². The van der Waals surface area contributed by atoms with Gasteiger partial charge in [-0.3, -0.25) is 0 Å². The highest BCUT2D eigenvalue weighted by Gasteiger charge is 2.41. The number of hydrogen-bond acceptors (Lipinski definition) is 2. The summed E-state index contributed by atoms with van der Waals surface area (Å²) >= 11 is 0. The van der Waals surface area contributed by atoms with Crippen molar-refractivity contribution in [2.45, 2.75) is 18.6 Å². The smallest absolute Gasteiger partial charge is 0.0896 e. The van der Waals surface area contributed by atoms with Gasteiger partial charge < -0.3 is 10.1 Å². The Balaban J connectivity index is 1.79. The van der Waals surface area contributed by atoms with Gasteiger partial charge in [-0.2, -0.15) is 0 Å². The van der Waals surface area contributed by atoms with Crippen LogP contribution < -0.4 is 5.32 Å². The molecular formula is C17H17NO. The van der Waals surface area contributed by atoms with Gasteiger partial charge in [0.2, 0.25) is 0 Å².